The summed E-state index contributed by atoms with van der Waals surface area (Å²) in [4.78, 5) is 0. The fraction of sp³-hybridized carbons (Fsp3) is 0.571. The Morgan fingerprint density at radius 3 is 2.44 bits per heavy atom. The van der Waals surface area contributed by atoms with E-state index in [9.17, 15) is 0 Å². The van der Waals surface area contributed by atoms with E-state index in [1.54, 1.807) is 0 Å². The van der Waals surface area contributed by atoms with Crippen molar-refractivity contribution in [1.82, 2.24) is 5.32 Å². The monoisotopic (exact) mass is 221 g/mol. The first-order valence-electron chi connectivity index (χ1n) is 6.14. The number of hydrogen-bond donors (Lipinski definition) is 1. The minimum Gasteiger partial charge on any atom is -0.493 e. The van der Waals surface area contributed by atoms with Gasteiger partial charge in [0.05, 0.1) is 6.61 Å². The summed E-state index contributed by atoms with van der Waals surface area (Å²) in [6.45, 7) is 9.31. The van der Waals surface area contributed by atoms with Gasteiger partial charge in [-0.3, -0.25) is 0 Å². The van der Waals surface area contributed by atoms with E-state index >= 15 is 0 Å². The van der Waals surface area contributed by atoms with Gasteiger partial charge in [-0.2, -0.15) is 0 Å². The van der Waals surface area contributed by atoms with Crippen molar-refractivity contribution in [2.24, 2.45) is 5.92 Å². The summed E-state index contributed by atoms with van der Waals surface area (Å²) in [5.41, 5.74) is 1.36. The first-order valence-corrected chi connectivity index (χ1v) is 6.14. The first-order chi connectivity index (χ1) is 7.72. The third-order valence-corrected chi connectivity index (χ3v) is 2.35. The molecule has 0 heterocycles. The first kappa shape index (κ1) is 13.0. The second-order valence-corrected chi connectivity index (χ2v) is 4.45. The predicted octanol–water partition coefficient (Wildman–Crippen LogP) is 2.87. The van der Waals surface area contributed by atoms with Crippen LogP contribution >= 0.6 is 0 Å². The van der Waals surface area contributed by atoms with Gasteiger partial charge in [0.15, 0.2) is 0 Å². The quantitative estimate of drug-likeness (QED) is 0.715. The van der Waals surface area contributed by atoms with E-state index in [0.29, 0.717) is 5.92 Å². The van der Waals surface area contributed by atoms with Crippen LogP contribution in [0.25, 0.3) is 0 Å². The van der Waals surface area contributed by atoms with Crippen molar-refractivity contribution >= 4 is 0 Å². The van der Waals surface area contributed by atoms with Crippen molar-refractivity contribution in [2.45, 2.75) is 27.2 Å². The molecule has 0 aliphatic heterocycles. The molecule has 1 aromatic rings. The van der Waals surface area contributed by atoms with E-state index in [1.807, 2.05) is 0 Å². The smallest absolute Gasteiger partial charge is 0.119 e. The molecule has 0 aromatic heterocycles. The van der Waals surface area contributed by atoms with Gasteiger partial charge >= 0.3 is 0 Å². The highest BCUT2D eigenvalue weighted by Crippen LogP contribution is 2.13. The van der Waals surface area contributed by atoms with Crippen molar-refractivity contribution in [3.63, 3.8) is 0 Å². The Morgan fingerprint density at radius 2 is 1.88 bits per heavy atom. The summed E-state index contributed by atoms with van der Waals surface area (Å²) in [5, 5.41) is 3.32. The Labute approximate surface area is 99.0 Å². The summed E-state index contributed by atoms with van der Waals surface area (Å²) < 4.78 is 5.63. The van der Waals surface area contributed by atoms with E-state index in [-0.39, 0.29) is 0 Å². The van der Waals surface area contributed by atoms with Gasteiger partial charge in [-0.1, -0.05) is 32.9 Å². The summed E-state index contributed by atoms with van der Waals surface area (Å²) in [7, 11) is 0. The van der Waals surface area contributed by atoms with Crippen LogP contribution in [0.1, 0.15) is 26.3 Å². The molecule has 1 N–H and O–H groups in total. The van der Waals surface area contributed by atoms with Crippen molar-refractivity contribution in [3.8, 4) is 5.75 Å². The third-order valence-electron chi connectivity index (χ3n) is 2.35. The lowest BCUT2D eigenvalue weighted by Gasteiger charge is -2.09. The van der Waals surface area contributed by atoms with Crippen LogP contribution in [-0.4, -0.2) is 19.7 Å². The maximum atomic E-state index is 5.63. The lowest BCUT2D eigenvalue weighted by molar-refractivity contribution is 0.271. The van der Waals surface area contributed by atoms with Crippen LogP contribution in [-0.2, 0) is 6.42 Å². The SMILES string of the molecule is CCNCCc1ccc(OCC(C)C)cc1. The molecule has 0 atom stereocenters. The van der Waals surface area contributed by atoms with E-state index in [1.165, 1.54) is 5.56 Å². The van der Waals surface area contributed by atoms with Crippen LogP contribution in [0, 0.1) is 5.92 Å². The zero-order chi connectivity index (χ0) is 11.8. The molecule has 0 bridgehead atoms. The number of hydrogen-bond acceptors (Lipinski definition) is 2. The van der Waals surface area contributed by atoms with E-state index in [4.69, 9.17) is 4.74 Å². The fourth-order valence-electron chi connectivity index (χ4n) is 1.42. The average Bonchev–Trinajstić information content (AvgIpc) is 2.28. The highest BCUT2D eigenvalue weighted by atomic mass is 16.5. The van der Waals surface area contributed by atoms with E-state index in [0.717, 1.165) is 31.9 Å². The summed E-state index contributed by atoms with van der Waals surface area (Å²) >= 11 is 0. The Kier molecular flexibility index (Phi) is 5.94. The predicted molar refractivity (Wildman–Crippen MR) is 69.0 cm³/mol. The Hall–Kier alpha value is -1.02. The summed E-state index contributed by atoms with van der Waals surface area (Å²) in [6.07, 6.45) is 1.08. The zero-order valence-corrected chi connectivity index (χ0v) is 10.6. The van der Waals surface area contributed by atoms with E-state index < -0.39 is 0 Å². The molecule has 1 rings (SSSR count). The van der Waals surface area contributed by atoms with Crippen molar-refractivity contribution in [2.75, 3.05) is 19.7 Å². The van der Waals surface area contributed by atoms with Crippen LogP contribution in [0.5, 0.6) is 5.75 Å². The fourth-order valence-corrected chi connectivity index (χ4v) is 1.42. The molecular formula is C14H23NO. The molecule has 2 nitrogen and oxygen atoms in total. The molecule has 90 valence electrons. The van der Waals surface area contributed by atoms with Gasteiger partial charge in [-0.15, -0.1) is 0 Å². The molecule has 0 aliphatic carbocycles. The highest BCUT2D eigenvalue weighted by molar-refractivity contribution is 5.27. The van der Waals surface area contributed by atoms with E-state index in [2.05, 4.69) is 50.4 Å². The highest BCUT2D eigenvalue weighted by Gasteiger charge is 1.97. The lowest BCUT2D eigenvalue weighted by atomic mass is 10.1. The molecule has 0 aliphatic rings. The normalized spacial score (nSPS) is 10.8. The second-order valence-electron chi connectivity index (χ2n) is 4.45. The minimum absolute atomic E-state index is 0.577. The molecule has 0 saturated carbocycles. The summed E-state index contributed by atoms with van der Waals surface area (Å²) in [6, 6.07) is 8.41. The van der Waals surface area contributed by atoms with Crippen LogP contribution in [0.4, 0.5) is 0 Å². The molecule has 1 aromatic carbocycles. The van der Waals surface area contributed by atoms with Crippen LogP contribution in [0.2, 0.25) is 0 Å². The maximum absolute atomic E-state index is 5.63. The molecule has 0 radical (unpaired) electrons. The maximum Gasteiger partial charge on any atom is 0.119 e. The number of rotatable bonds is 7. The largest absolute Gasteiger partial charge is 0.493 e. The van der Waals surface area contributed by atoms with Crippen molar-refractivity contribution in [1.29, 1.82) is 0 Å². The standard InChI is InChI=1S/C14H23NO/c1-4-15-10-9-13-5-7-14(8-6-13)16-11-12(2)3/h5-8,12,15H,4,9-11H2,1-3H3. The topological polar surface area (TPSA) is 21.3 Å². The molecule has 0 amide bonds. The lowest BCUT2D eigenvalue weighted by Crippen LogP contribution is -2.15. The number of likely N-dealkylation sites (N-methyl/N-ethyl adjacent to an activating group) is 1. The Bertz CT molecular complexity index is 279. The number of ether oxygens (including phenoxy) is 1. The number of benzene rings is 1. The number of nitrogens with one attached hydrogen (secondary N) is 1. The molecule has 0 saturated heterocycles. The minimum atomic E-state index is 0.577. The van der Waals surface area contributed by atoms with Crippen LogP contribution in [0.15, 0.2) is 24.3 Å². The molecule has 0 unspecified atom stereocenters. The van der Waals surface area contributed by atoms with Gasteiger partial charge in [0.25, 0.3) is 0 Å². The molecular weight excluding hydrogens is 198 g/mol. The second kappa shape index (κ2) is 7.29. The Morgan fingerprint density at radius 1 is 1.19 bits per heavy atom. The molecule has 2 heteroatoms. The van der Waals surface area contributed by atoms with Crippen LogP contribution < -0.4 is 10.1 Å². The van der Waals surface area contributed by atoms with Gasteiger partial charge < -0.3 is 10.1 Å². The van der Waals surface area contributed by atoms with Gasteiger partial charge in [-0.25, -0.2) is 0 Å². The van der Waals surface area contributed by atoms with Crippen LogP contribution in [0.3, 0.4) is 0 Å². The zero-order valence-electron chi connectivity index (χ0n) is 10.6. The van der Waals surface area contributed by atoms with Gasteiger partial charge in [0, 0.05) is 0 Å². The van der Waals surface area contributed by atoms with Crippen molar-refractivity contribution in [3.05, 3.63) is 29.8 Å². The van der Waals surface area contributed by atoms with Crippen molar-refractivity contribution < 1.29 is 4.74 Å². The van der Waals surface area contributed by atoms with Gasteiger partial charge in [-0.05, 0) is 43.1 Å². The Balaban J connectivity index is 2.35. The molecule has 16 heavy (non-hydrogen) atoms. The van der Waals surface area contributed by atoms with Gasteiger partial charge in [0.2, 0.25) is 0 Å². The summed E-state index contributed by atoms with van der Waals surface area (Å²) in [5.74, 6) is 1.55. The third kappa shape index (κ3) is 5.17. The molecule has 0 fully saturated rings. The average molecular weight is 221 g/mol. The molecule has 0 spiro atoms. The van der Waals surface area contributed by atoms with Gasteiger partial charge in [0.1, 0.15) is 5.75 Å².